The van der Waals surface area contributed by atoms with Gasteiger partial charge in [0, 0.05) is 28.4 Å². The lowest BCUT2D eigenvalue weighted by molar-refractivity contribution is 0.130. The van der Waals surface area contributed by atoms with Crippen molar-refractivity contribution in [2.75, 3.05) is 6.61 Å². The van der Waals surface area contributed by atoms with Gasteiger partial charge < -0.3 is 10.4 Å². The summed E-state index contributed by atoms with van der Waals surface area (Å²) in [5.41, 5.74) is 0.243. The van der Waals surface area contributed by atoms with Gasteiger partial charge in [-0.1, -0.05) is 0 Å². The zero-order valence-corrected chi connectivity index (χ0v) is 11.3. The van der Waals surface area contributed by atoms with Crippen LogP contribution in [-0.2, 0) is 6.54 Å². The van der Waals surface area contributed by atoms with E-state index >= 15 is 0 Å². The van der Waals surface area contributed by atoms with Crippen LogP contribution < -0.4 is 5.32 Å². The lowest BCUT2D eigenvalue weighted by Gasteiger charge is -2.42. The summed E-state index contributed by atoms with van der Waals surface area (Å²) in [7, 11) is 0. The van der Waals surface area contributed by atoms with E-state index < -0.39 is 0 Å². The second-order valence-electron chi connectivity index (χ2n) is 4.47. The van der Waals surface area contributed by atoms with Gasteiger partial charge in [-0.05, 0) is 44.7 Å². The Bertz CT molecular complexity index is 323. The summed E-state index contributed by atoms with van der Waals surface area (Å²) in [5, 5.41) is 12.6. The monoisotopic (exact) mass is 261 g/mol. The normalized spacial score (nSPS) is 17.6. The van der Waals surface area contributed by atoms with Gasteiger partial charge in [-0.15, -0.1) is 23.7 Å². The smallest absolute Gasteiger partial charge is 0.0448 e. The Morgan fingerprint density at radius 1 is 1.44 bits per heavy atom. The van der Waals surface area contributed by atoms with Gasteiger partial charge in [0.25, 0.3) is 0 Å². The Hall–Kier alpha value is -0.0900. The largest absolute Gasteiger partial charge is 0.396 e. The number of aliphatic hydroxyl groups excluding tert-OH is 1. The van der Waals surface area contributed by atoms with Crippen molar-refractivity contribution in [1.82, 2.24) is 5.32 Å². The quantitative estimate of drug-likeness (QED) is 0.854. The van der Waals surface area contributed by atoms with Crippen molar-refractivity contribution in [1.29, 1.82) is 0 Å². The molecule has 1 fully saturated rings. The molecular weight excluding hydrogens is 242 g/mol. The number of rotatable bonds is 5. The first kappa shape index (κ1) is 14.0. The molecule has 1 aromatic rings. The van der Waals surface area contributed by atoms with Crippen molar-refractivity contribution in [3.63, 3.8) is 0 Å². The van der Waals surface area contributed by atoms with E-state index in [9.17, 15) is 0 Å². The van der Waals surface area contributed by atoms with Gasteiger partial charge in [-0.25, -0.2) is 0 Å². The van der Waals surface area contributed by atoms with E-state index in [1.165, 1.54) is 29.0 Å². The van der Waals surface area contributed by atoms with Crippen molar-refractivity contribution in [3.8, 4) is 0 Å². The van der Waals surface area contributed by atoms with E-state index in [4.69, 9.17) is 5.11 Å². The number of thiophene rings is 1. The van der Waals surface area contributed by atoms with Gasteiger partial charge in [0.2, 0.25) is 0 Å². The molecule has 0 aliphatic heterocycles. The maximum Gasteiger partial charge on any atom is 0.0448 e. The molecule has 4 heteroatoms. The third-order valence-corrected chi connectivity index (χ3v) is 4.34. The fourth-order valence-corrected chi connectivity index (χ4v) is 3.02. The summed E-state index contributed by atoms with van der Waals surface area (Å²) in [6, 6.07) is 4.36. The Labute approximate surface area is 107 Å². The number of hydrogen-bond acceptors (Lipinski definition) is 3. The fourth-order valence-electron chi connectivity index (χ4n) is 2.19. The average Bonchev–Trinajstić information content (AvgIpc) is 2.56. The SMILES string of the molecule is Cc1ccc(CNC2(CCO)CCC2)s1.Cl. The predicted octanol–water partition coefficient (Wildman–Crippen LogP) is 2.87. The molecule has 2 nitrogen and oxygen atoms in total. The van der Waals surface area contributed by atoms with Crippen LogP contribution >= 0.6 is 23.7 Å². The van der Waals surface area contributed by atoms with Crippen LogP contribution in [-0.4, -0.2) is 17.3 Å². The summed E-state index contributed by atoms with van der Waals surface area (Å²) < 4.78 is 0. The van der Waals surface area contributed by atoms with E-state index in [0.29, 0.717) is 6.61 Å². The second kappa shape index (κ2) is 6.01. The highest BCUT2D eigenvalue weighted by Crippen LogP contribution is 2.35. The Morgan fingerprint density at radius 3 is 2.62 bits per heavy atom. The summed E-state index contributed by atoms with van der Waals surface area (Å²) in [5.74, 6) is 0. The lowest BCUT2D eigenvalue weighted by Crippen LogP contribution is -2.51. The van der Waals surface area contributed by atoms with Crippen LogP contribution in [0.3, 0.4) is 0 Å². The molecule has 1 aliphatic rings. The fraction of sp³-hybridized carbons (Fsp3) is 0.667. The first-order valence-electron chi connectivity index (χ1n) is 5.65. The van der Waals surface area contributed by atoms with Gasteiger partial charge >= 0.3 is 0 Å². The van der Waals surface area contributed by atoms with E-state index in [0.717, 1.165) is 13.0 Å². The van der Waals surface area contributed by atoms with Crippen LogP contribution in [0.4, 0.5) is 0 Å². The predicted molar refractivity (Wildman–Crippen MR) is 71.4 cm³/mol. The number of aliphatic hydroxyl groups is 1. The maximum atomic E-state index is 9.03. The van der Waals surface area contributed by atoms with Crippen LogP contribution in [0.2, 0.25) is 0 Å². The second-order valence-corrected chi connectivity index (χ2v) is 5.85. The van der Waals surface area contributed by atoms with Crippen LogP contribution in [0.15, 0.2) is 12.1 Å². The number of hydrogen-bond donors (Lipinski definition) is 2. The zero-order chi connectivity index (χ0) is 10.7. The third kappa shape index (κ3) is 3.20. The molecule has 0 saturated heterocycles. The number of aryl methyl sites for hydroxylation is 1. The maximum absolute atomic E-state index is 9.03. The van der Waals surface area contributed by atoms with Crippen LogP contribution in [0.25, 0.3) is 0 Å². The molecule has 0 unspecified atom stereocenters. The van der Waals surface area contributed by atoms with E-state index in [2.05, 4.69) is 24.4 Å². The summed E-state index contributed by atoms with van der Waals surface area (Å²) in [6.45, 7) is 3.40. The van der Waals surface area contributed by atoms with Crippen molar-refractivity contribution in [2.24, 2.45) is 0 Å². The molecule has 2 rings (SSSR count). The topological polar surface area (TPSA) is 32.3 Å². The standard InChI is InChI=1S/C12H19NOS.ClH/c1-10-3-4-11(15-10)9-13-12(7-8-14)5-2-6-12;/h3-4,13-14H,2,5-9H2,1H3;1H. The minimum absolute atomic E-state index is 0. The molecular formula is C12H20ClNOS. The third-order valence-electron chi connectivity index (χ3n) is 3.33. The lowest BCUT2D eigenvalue weighted by atomic mass is 9.74. The van der Waals surface area contributed by atoms with Gasteiger partial charge in [-0.3, -0.25) is 0 Å². The molecule has 1 heterocycles. The summed E-state index contributed by atoms with van der Waals surface area (Å²) in [4.78, 5) is 2.77. The van der Waals surface area contributed by atoms with Crippen molar-refractivity contribution < 1.29 is 5.11 Å². The summed E-state index contributed by atoms with van der Waals surface area (Å²) in [6.07, 6.45) is 4.64. The van der Waals surface area contributed by atoms with Gasteiger partial charge in [-0.2, -0.15) is 0 Å². The minimum Gasteiger partial charge on any atom is -0.396 e. The molecule has 1 aliphatic carbocycles. The summed E-state index contributed by atoms with van der Waals surface area (Å²) >= 11 is 1.86. The Balaban J connectivity index is 0.00000128. The molecule has 1 saturated carbocycles. The van der Waals surface area contributed by atoms with Crippen molar-refractivity contribution in [3.05, 3.63) is 21.9 Å². The molecule has 0 spiro atoms. The number of halogens is 1. The highest BCUT2D eigenvalue weighted by atomic mass is 35.5. The molecule has 92 valence electrons. The minimum atomic E-state index is 0. The highest BCUT2D eigenvalue weighted by molar-refractivity contribution is 7.11. The first-order chi connectivity index (χ1) is 7.24. The van der Waals surface area contributed by atoms with Gasteiger partial charge in [0.15, 0.2) is 0 Å². The van der Waals surface area contributed by atoms with Crippen LogP contribution in [0.1, 0.15) is 35.4 Å². The zero-order valence-electron chi connectivity index (χ0n) is 9.66. The Morgan fingerprint density at radius 2 is 2.19 bits per heavy atom. The van der Waals surface area contributed by atoms with Gasteiger partial charge in [0.05, 0.1) is 0 Å². The molecule has 0 atom stereocenters. The van der Waals surface area contributed by atoms with Crippen LogP contribution in [0, 0.1) is 6.92 Å². The van der Waals surface area contributed by atoms with Crippen molar-refractivity contribution in [2.45, 2.75) is 44.7 Å². The molecule has 16 heavy (non-hydrogen) atoms. The molecule has 2 N–H and O–H groups in total. The Kier molecular flexibility index (Phi) is 5.25. The first-order valence-corrected chi connectivity index (χ1v) is 6.47. The molecule has 0 amide bonds. The molecule has 0 bridgehead atoms. The van der Waals surface area contributed by atoms with Crippen molar-refractivity contribution >= 4 is 23.7 Å². The number of nitrogens with one attached hydrogen (secondary N) is 1. The van der Waals surface area contributed by atoms with Gasteiger partial charge in [0.1, 0.15) is 0 Å². The van der Waals surface area contributed by atoms with Crippen LogP contribution in [0.5, 0.6) is 0 Å². The molecule has 0 radical (unpaired) electrons. The van der Waals surface area contributed by atoms with E-state index in [1.807, 2.05) is 11.3 Å². The average molecular weight is 262 g/mol. The molecule has 1 aromatic heterocycles. The van der Waals surface area contributed by atoms with E-state index in [-0.39, 0.29) is 17.9 Å². The molecule has 0 aromatic carbocycles. The highest BCUT2D eigenvalue weighted by Gasteiger charge is 2.35. The van der Waals surface area contributed by atoms with E-state index in [1.54, 1.807) is 0 Å².